The minimum Gasteiger partial charge on any atom is -0.387 e. The van der Waals surface area contributed by atoms with Gasteiger partial charge in [-0.2, -0.15) is 0 Å². The molecule has 0 spiro atoms. The average Bonchev–Trinajstić information content (AvgIpc) is 2.94. The molecule has 0 radical (unpaired) electrons. The maximum atomic E-state index is 10.5. The Kier molecular flexibility index (Phi) is 9.86. The predicted molar refractivity (Wildman–Crippen MR) is 130 cm³/mol. The van der Waals surface area contributed by atoms with Crippen LogP contribution in [0.5, 0.6) is 0 Å². The lowest BCUT2D eigenvalue weighted by molar-refractivity contribution is 0.181. The van der Waals surface area contributed by atoms with E-state index in [1.54, 1.807) is 11.3 Å². The number of aryl methyl sites for hydroxylation is 2. The number of guanidine groups is 1. The number of aliphatic hydroxyl groups excluding tert-OH is 1. The Morgan fingerprint density at radius 2 is 1.82 bits per heavy atom. The first-order valence-electron chi connectivity index (χ1n) is 9.44. The molecule has 0 aliphatic carbocycles. The minimum absolute atomic E-state index is 0. The highest BCUT2D eigenvalue weighted by Gasteiger charge is 2.15. The molecule has 5 nitrogen and oxygen atoms in total. The zero-order chi connectivity index (χ0) is 20.0. The van der Waals surface area contributed by atoms with E-state index in [1.165, 1.54) is 10.4 Å². The van der Waals surface area contributed by atoms with Crippen molar-refractivity contribution >= 4 is 41.3 Å². The number of aliphatic imine (C=N–C) groups is 1. The fourth-order valence-electron chi connectivity index (χ4n) is 2.61. The summed E-state index contributed by atoms with van der Waals surface area (Å²) in [6.07, 6.45) is -0.591. The summed E-state index contributed by atoms with van der Waals surface area (Å²) in [5.74, 6) is 0.688. The quantitative estimate of drug-likeness (QED) is 0.301. The molecule has 2 rings (SSSR count). The van der Waals surface area contributed by atoms with Gasteiger partial charge in [0.2, 0.25) is 0 Å². The second kappa shape index (κ2) is 11.1. The maximum absolute atomic E-state index is 10.5. The lowest BCUT2D eigenvalue weighted by atomic mass is 9.86. The van der Waals surface area contributed by atoms with Crippen LogP contribution in [0.3, 0.4) is 0 Å². The number of aliphatic hydroxyl groups is 1. The molecule has 28 heavy (non-hydrogen) atoms. The Hall–Kier alpha value is -1.19. The highest BCUT2D eigenvalue weighted by atomic mass is 127. The van der Waals surface area contributed by atoms with E-state index in [0.717, 1.165) is 22.8 Å². The second-order valence-electron chi connectivity index (χ2n) is 7.71. The van der Waals surface area contributed by atoms with Crippen molar-refractivity contribution in [3.63, 3.8) is 0 Å². The van der Waals surface area contributed by atoms with E-state index in [4.69, 9.17) is 0 Å². The van der Waals surface area contributed by atoms with Gasteiger partial charge in [0.15, 0.2) is 5.96 Å². The van der Waals surface area contributed by atoms with Gasteiger partial charge in [0.1, 0.15) is 5.01 Å². The maximum Gasteiger partial charge on any atom is 0.191 e. The Morgan fingerprint density at radius 1 is 1.18 bits per heavy atom. The molecule has 0 aliphatic rings. The van der Waals surface area contributed by atoms with Crippen LogP contribution in [0.4, 0.5) is 0 Å². The van der Waals surface area contributed by atoms with E-state index >= 15 is 0 Å². The molecule has 0 saturated carbocycles. The van der Waals surface area contributed by atoms with Crippen molar-refractivity contribution in [2.75, 3.05) is 13.1 Å². The van der Waals surface area contributed by atoms with Crippen LogP contribution >= 0.6 is 35.3 Å². The molecule has 0 saturated heterocycles. The van der Waals surface area contributed by atoms with Gasteiger partial charge in [0.05, 0.1) is 18.3 Å². The van der Waals surface area contributed by atoms with Gasteiger partial charge in [-0.3, -0.25) is 0 Å². The minimum atomic E-state index is -0.591. The number of nitrogens with zero attached hydrogens (tertiary/aromatic N) is 2. The number of aromatic nitrogens is 1. The van der Waals surface area contributed by atoms with Gasteiger partial charge in [0.25, 0.3) is 0 Å². The van der Waals surface area contributed by atoms with Gasteiger partial charge in [-0.15, -0.1) is 35.3 Å². The van der Waals surface area contributed by atoms with Crippen LogP contribution in [0.15, 0.2) is 29.3 Å². The molecule has 0 bridgehead atoms. The normalized spacial score (nSPS) is 13.0. The first-order chi connectivity index (χ1) is 12.7. The van der Waals surface area contributed by atoms with E-state index in [9.17, 15) is 5.11 Å². The highest BCUT2D eigenvalue weighted by Crippen LogP contribution is 2.23. The zero-order valence-electron chi connectivity index (χ0n) is 17.7. The summed E-state index contributed by atoms with van der Waals surface area (Å²) in [5.41, 5.74) is 3.34. The largest absolute Gasteiger partial charge is 0.387 e. The first-order valence-corrected chi connectivity index (χ1v) is 10.3. The summed E-state index contributed by atoms with van der Waals surface area (Å²) in [6, 6.07) is 8.17. The number of rotatable bonds is 6. The van der Waals surface area contributed by atoms with E-state index in [2.05, 4.69) is 60.4 Å². The fraction of sp³-hybridized carbons (Fsp3) is 0.524. The Bertz CT molecular complexity index is 746. The SMILES string of the molecule is CCNC(=NCc1nc(C)c(C)s1)NCC(O)c1ccc(C(C)(C)C)cc1.I. The van der Waals surface area contributed by atoms with Gasteiger partial charge < -0.3 is 15.7 Å². The summed E-state index contributed by atoms with van der Waals surface area (Å²) in [7, 11) is 0. The first kappa shape index (κ1) is 24.8. The second-order valence-corrected chi connectivity index (χ2v) is 9.00. The Balaban J connectivity index is 0.00000392. The monoisotopic (exact) mass is 516 g/mol. The van der Waals surface area contributed by atoms with Crippen LogP contribution in [0.25, 0.3) is 0 Å². The number of hydrogen-bond acceptors (Lipinski definition) is 4. The van der Waals surface area contributed by atoms with Gasteiger partial charge in [-0.05, 0) is 37.3 Å². The number of thiazole rings is 1. The molecule has 156 valence electrons. The molecule has 1 aromatic carbocycles. The molecule has 1 atom stereocenters. The van der Waals surface area contributed by atoms with Crippen LogP contribution in [-0.4, -0.2) is 29.1 Å². The van der Waals surface area contributed by atoms with Crippen molar-refractivity contribution in [3.05, 3.63) is 51.0 Å². The van der Waals surface area contributed by atoms with Crippen molar-refractivity contribution in [1.82, 2.24) is 15.6 Å². The van der Waals surface area contributed by atoms with Crippen LogP contribution in [-0.2, 0) is 12.0 Å². The number of halogens is 1. The van der Waals surface area contributed by atoms with Crippen LogP contribution in [0.2, 0.25) is 0 Å². The zero-order valence-corrected chi connectivity index (χ0v) is 20.8. The average molecular weight is 516 g/mol. The third-order valence-electron chi connectivity index (χ3n) is 4.41. The van der Waals surface area contributed by atoms with Crippen LogP contribution in [0, 0.1) is 13.8 Å². The molecule has 1 unspecified atom stereocenters. The molecular formula is C21H33IN4OS. The smallest absolute Gasteiger partial charge is 0.191 e. The summed E-state index contributed by atoms with van der Waals surface area (Å²) in [6.45, 7) is 14.4. The summed E-state index contributed by atoms with van der Waals surface area (Å²) >= 11 is 1.68. The van der Waals surface area contributed by atoms with Crippen molar-refractivity contribution in [2.24, 2.45) is 4.99 Å². The predicted octanol–water partition coefficient (Wildman–Crippen LogP) is 4.46. The van der Waals surface area contributed by atoms with E-state index in [-0.39, 0.29) is 29.4 Å². The van der Waals surface area contributed by atoms with Crippen molar-refractivity contribution in [1.29, 1.82) is 0 Å². The van der Waals surface area contributed by atoms with E-state index in [1.807, 2.05) is 26.0 Å². The number of benzene rings is 1. The fourth-order valence-corrected chi connectivity index (χ4v) is 3.47. The summed E-state index contributed by atoms with van der Waals surface area (Å²) in [5, 5.41) is 17.9. The standard InChI is InChI=1S/C21H32N4OS.HI/c1-7-22-20(24-13-19-25-14(2)15(3)27-19)23-12-18(26)16-8-10-17(11-9-16)21(4,5)6;/h8-11,18,26H,7,12-13H2,1-6H3,(H2,22,23,24);1H. The van der Waals surface area contributed by atoms with Crippen molar-refractivity contribution in [2.45, 2.75) is 59.6 Å². The lowest BCUT2D eigenvalue weighted by Gasteiger charge is -2.20. The molecular weight excluding hydrogens is 483 g/mol. The molecule has 3 N–H and O–H groups in total. The highest BCUT2D eigenvalue weighted by molar-refractivity contribution is 14.0. The van der Waals surface area contributed by atoms with Gasteiger partial charge in [-0.1, -0.05) is 45.0 Å². The molecule has 0 aliphatic heterocycles. The van der Waals surface area contributed by atoms with Crippen molar-refractivity contribution in [3.8, 4) is 0 Å². The molecule has 0 amide bonds. The number of hydrogen-bond donors (Lipinski definition) is 3. The Labute approximate surface area is 190 Å². The van der Waals surface area contributed by atoms with Crippen LogP contribution in [0.1, 0.15) is 60.5 Å². The lowest BCUT2D eigenvalue weighted by Crippen LogP contribution is -2.39. The Morgan fingerprint density at radius 3 is 2.32 bits per heavy atom. The number of nitrogens with one attached hydrogen (secondary N) is 2. The molecule has 1 heterocycles. The van der Waals surface area contributed by atoms with Crippen LogP contribution < -0.4 is 10.6 Å². The summed E-state index contributed by atoms with van der Waals surface area (Å²) in [4.78, 5) is 10.3. The molecule has 7 heteroatoms. The summed E-state index contributed by atoms with van der Waals surface area (Å²) < 4.78 is 0. The molecule has 0 fully saturated rings. The van der Waals surface area contributed by atoms with E-state index < -0.39 is 6.10 Å². The third kappa shape index (κ3) is 7.33. The van der Waals surface area contributed by atoms with Gasteiger partial charge in [0, 0.05) is 18.0 Å². The van der Waals surface area contributed by atoms with Gasteiger partial charge >= 0.3 is 0 Å². The molecule has 1 aromatic heterocycles. The van der Waals surface area contributed by atoms with E-state index in [0.29, 0.717) is 19.0 Å². The van der Waals surface area contributed by atoms with Crippen molar-refractivity contribution < 1.29 is 5.11 Å². The van der Waals surface area contributed by atoms with Gasteiger partial charge in [-0.25, -0.2) is 9.98 Å². The third-order valence-corrected chi connectivity index (χ3v) is 5.47. The topological polar surface area (TPSA) is 69.5 Å². The molecule has 2 aromatic rings.